The number of para-hydroxylation sites is 1. The van der Waals surface area contributed by atoms with Crippen molar-refractivity contribution in [1.82, 2.24) is 4.90 Å². The number of phenolic OH excluding ortho intramolecular Hbond substituents is 1. The number of hydrogen-bond donors (Lipinski definition) is 10. The Morgan fingerprint density at radius 3 is 2.36 bits per heavy atom. The summed E-state index contributed by atoms with van der Waals surface area (Å²) in [5.74, 6) is -7.29. The summed E-state index contributed by atoms with van der Waals surface area (Å²) in [5, 5.41) is 89.7. The highest BCUT2D eigenvalue weighted by atomic mass is 16.7. The van der Waals surface area contributed by atoms with E-state index in [1.54, 1.807) is 63.4 Å². The molecule has 0 bridgehead atoms. The zero-order valence-corrected chi connectivity index (χ0v) is 29.4. The molecule has 17 heteroatoms. The molecule has 2 aromatic rings. The minimum atomic E-state index is -2.77. The molecule has 0 aromatic heterocycles. The van der Waals surface area contributed by atoms with E-state index in [0.29, 0.717) is 16.8 Å². The Bertz CT molecular complexity index is 1910. The fraction of sp³-hybridized carbons (Fsp3) is 0.472. The number of allylic oxidation sites excluding steroid dienone is 1. The molecule has 1 unspecified atom stereocenters. The second-order valence-electron chi connectivity index (χ2n) is 14.3. The number of primary amides is 1. The van der Waals surface area contributed by atoms with Crippen molar-refractivity contribution in [2.45, 2.75) is 61.7 Å². The highest BCUT2D eigenvalue weighted by Gasteiger charge is 2.63. The van der Waals surface area contributed by atoms with E-state index in [9.17, 15) is 55.2 Å². The summed E-state index contributed by atoms with van der Waals surface area (Å²) in [4.78, 5) is 43.5. The van der Waals surface area contributed by atoms with Crippen molar-refractivity contribution in [3.63, 3.8) is 0 Å². The monoisotopic (exact) mass is 740 g/mol. The SMILES string of the molecule is CN(C)c1cc(NCc2ccccc2OC2O[C@H](CO)[C@H](O)[C@@H](O)[C@H]2O)c(O)c2c1C[C@H]1C[C@@H]3[C@@H](N(C)C)C(O)=C(C(N)=O)C(=O)[C@@]3(O)C(O)=C1C2=O. The van der Waals surface area contributed by atoms with Gasteiger partial charge in [-0.05, 0) is 50.6 Å². The van der Waals surface area contributed by atoms with Crippen molar-refractivity contribution in [2.24, 2.45) is 17.6 Å². The van der Waals surface area contributed by atoms with Crippen LogP contribution in [0.4, 0.5) is 11.4 Å². The Kier molecular flexibility index (Phi) is 9.97. The van der Waals surface area contributed by atoms with Crippen LogP contribution in [-0.2, 0) is 27.3 Å². The molecule has 11 N–H and O–H groups in total. The summed E-state index contributed by atoms with van der Waals surface area (Å²) in [6.07, 6.45) is -7.48. The molecule has 6 rings (SSSR count). The molecule has 1 amide bonds. The van der Waals surface area contributed by atoms with E-state index in [2.05, 4.69) is 5.32 Å². The minimum absolute atomic E-state index is 0.0227. The maximum atomic E-state index is 14.4. The van der Waals surface area contributed by atoms with Gasteiger partial charge in [-0.1, -0.05) is 18.2 Å². The van der Waals surface area contributed by atoms with E-state index < -0.39 is 101 Å². The number of anilines is 2. The molecule has 53 heavy (non-hydrogen) atoms. The average molecular weight is 741 g/mol. The van der Waals surface area contributed by atoms with Gasteiger partial charge >= 0.3 is 0 Å². The van der Waals surface area contributed by atoms with Gasteiger partial charge in [0.2, 0.25) is 12.1 Å². The number of carbonyl (C=O) groups excluding carboxylic acids is 3. The normalized spacial score (nSPS) is 31.2. The number of ether oxygens (including phenoxy) is 2. The molecule has 2 aromatic carbocycles. The van der Waals surface area contributed by atoms with Crippen LogP contribution in [-0.4, -0.2) is 140 Å². The first-order chi connectivity index (χ1) is 24.9. The summed E-state index contributed by atoms with van der Waals surface area (Å²) < 4.78 is 11.4. The number of phenols is 1. The van der Waals surface area contributed by atoms with Gasteiger partial charge in [-0.2, -0.15) is 0 Å². The van der Waals surface area contributed by atoms with Crippen molar-refractivity contribution < 1.29 is 64.7 Å². The number of aliphatic hydroxyl groups excluding tert-OH is 6. The number of Topliss-reactive ketones (excluding diaryl/α,β-unsaturated/α-hetero) is 2. The maximum absolute atomic E-state index is 14.4. The molecule has 0 radical (unpaired) electrons. The van der Waals surface area contributed by atoms with Gasteiger partial charge in [-0.25, -0.2) is 0 Å². The number of fused-ring (bicyclic) bond motifs is 3. The predicted octanol–water partition coefficient (Wildman–Crippen LogP) is -1.02. The standard InChI is InChI=1S/C36H44N4O13/c1-39(2)19-11-18(38-12-14-7-5-6-8-20(14)52-35-31(47)30(46)27(43)21(13-41)53-35)26(42)23-16(19)9-15-10-17-25(40(3)4)29(45)24(34(37)50)33(49)36(17,51)32(48)22(15)28(23)44/h5-8,11,15,17,21,25,27,30-31,35,38,41-43,45-48,51H,9-10,12-13H2,1-4H3,(H2,37,50)/t15-,17+,21+,25+,27-,30+,31+,35?,36-/m0/s1. The Morgan fingerprint density at radius 2 is 1.74 bits per heavy atom. The van der Waals surface area contributed by atoms with Gasteiger partial charge in [-0.15, -0.1) is 0 Å². The summed E-state index contributed by atoms with van der Waals surface area (Å²) in [6, 6.07) is 7.09. The van der Waals surface area contributed by atoms with Crippen LogP contribution in [0.25, 0.3) is 0 Å². The van der Waals surface area contributed by atoms with Gasteiger partial charge in [0.15, 0.2) is 11.4 Å². The smallest absolute Gasteiger partial charge is 0.255 e. The lowest BCUT2D eigenvalue weighted by atomic mass is 9.58. The number of hydrogen-bond acceptors (Lipinski definition) is 16. The van der Waals surface area contributed by atoms with Gasteiger partial charge in [0.25, 0.3) is 5.91 Å². The number of aliphatic hydroxyl groups is 7. The Labute approximate surface area is 303 Å². The van der Waals surface area contributed by atoms with Crippen molar-refractivity contribution in [3.05, 3.63) is 69.7 Å². The van der Waals surface area contributed by atoms with Gasteiger partial charge in [0.05, 0.1) is 23.9 Å². The zero-order chi connectivity index (χ0) is 38.8. The number of nitrogens with zero attached hydrogens (tertiary/aromatic N) is 2. The lowest BCUT2D eigenvalue weighted by Crippen LogP contribution is -2.63. The lowest BCUT2D eigenvalue weighted by Gasteiger charge is -2.50. The summed E-state index contributed by atoms with van der Waals surface area (Å²) in [6.45, 7) is -0.666. The highest BCUT2D eigenvalue weighted by molar-refractivity contribution is 6.25. The molecule has 1 saturated heterocycles. The molecule has 4 aliphatic rings. The summed E-state index contributed by atoms with van der Waals surface area (Å²) >= 11 is 0. The number of nitrogens with one attached hydrogen (secondary N) is 1. The van der Waals surface area contributed by atoms with Crippen LogP contribution < -0.4 is 20.7 Å². The van der Waals surface area contributed by atoms with Crippen LogP contribution in [0, 0.1) is 11.8 Å². The summed E-state index contributed by atoms with van der Waals surface area (Å²) in [7, 11) is 6.60. The predicted molar refractivity (Wildman–Crippen MR) is 186 cm³/mol. The first-order valence-electron chi connectivity index (χ1n) is 16.9. The van der Waals surface area contributed by atoms with E-state index in [1.807, 2.05) is 0 Å². The molecule has 0 saturated carbocycles. The molecule has 1 fully saturated rings. The molecule has 0 spiro atoms. The van der Waals surface area contributed by atoms with Crippen LogP contribution in [0.1, 0.15) is 27.9 Å². The third-order valence-corrected chi connectivity index (χ3v) is 10.7. The van der Waals surface area contributed by atoms with E-state index in [-0.39, 0.29) is 42.0 Å². The molecule has 286 valence electrons. The average Bonchev–Trinajstić information content (AvgIpc) is 3.09. The largest absolute Gasteiger partial charge is 0.510 e. The van der Waals surface area contributed by atoms with Gasteiger partial charge in [0, 0.05) is 43.4 Å². The molecular formula is C36H44N4O13. The molecule has 9 atom stereocenters. The molecule has 1 heterocycles. The number of ketones is 2. The second kappa shape index (κ2) is 13.9. The van der Waals surface area contributed by atoms with E-state index in [1.165, 1.54) is 4.90 Å². The van der Waals surface area contributed by atoms with Crippen LogP contribution >= 0.6 is 0 Å². The number of rotatable bonds is 9. The van der Waals surface area contributed by atoms with Crippen LogP contribution in [0.3, 0.4) is 0 Å². The van der Waals surface area contributed by atoms with E-state index >= 15 is 0 Å². The van der Waals surface area contributed by atoms with Gasteiger partial charge in [0.1, 0.15) is 53.0 Å². The molecule has 1 aliphatic heterocycles. The third kappa shape index (κ3) is 5.97. The second-order valence-corrected chi connectivity index (χ2v) is 14.3. The first-order valence-corrected chi connectivity index (χ1v) is 16.9. The van der Waals surface area contributed by atoms with Crippen molar-refractivity contribution in [3.8, 4) is 11.5 Å². The quantitative estimate of drug-likeness (QED) is 0.109. The minimum Gasteiger partial charge on any atom is -0.510 e. The lowest BCUT2D eigenvalue weighted by molar-refractivity contribution is -0.277. The van der Waals surface area contributed by atoms with Gasteiger partial charge < -0.3 is 66.3 Å². The van der Waals surface area contributed by atoms with Gasteiger partial charge in [-0.3, -0.25) is 19.3 Å². The highest BCUT2D eigenvalue weighted by Crippen LogP contribution is 2.54. The number of amides is 1. The molecule has 17 nitrogen and oxygen atoms in total. The number of nitrogens with two attached hydrogens (primary N) is 1. The Morgan fingerprint density at radius 1 is 1.06 bits per heavy atom. The number of carbonyl (C=O) groups is 3. The molecule has 3 aliphatic carbocycles. The zero-order valence-electron chi connectivity index (χ0n) is 29.4. The third-order valence-electron chi connectivity index (χ3n) is 10.7. The van der Waals surface area contributed by atoms with Crippen molar-refractivity contribution in [2.75, 3.05) is 45.0 Å². The topological polar surface area (TPSA) is 276 Å². The summed E-state index contributed by atoms with van der Waals surface area (Å²) in [5.41, 5.74) is 2.86. The Balaban J connectivity index is 1.36. The maximum Gasteiger partial charge on any atom is 0.255 e. The molecular weight excluding hydrogens is 696 g/mol. The fourth-order valence-corrected chi connectivity index (χ4v) is 8.08. The number of likely N-dealkylation sites (N-methyl/N-ethyl adjacent to an activating group) is 1. The van der Waals surface area contributed by atoms with E-state index in [0.717, 1.165) is 0 Å². The van der Waals surface area contributed by atoms with E-state index in [4.69, 9.17) is 15.2 Å². The van der Waals surface area contributed by atoms with Crippen molar-refractivity contribution >= 4 is 28.8 Å². The van der Waals surface area contributed by atoms with Crippen LogP contribution in [0.15, 0.2) is 53.0 Å². The van der Waals surface area contributed by atoms with Crippen molar-refractivity contribution in [1.29, 1.82) is 0 Å². The first kappa shape index (κ1) is 38.0. The van der Waals surface area contributed by atoms with Crippen LogP contribution in [0.5, 0.6) is 11.5 Å². The number of benzene rings is 2. The van der Waals surface area contributed by atoms with Crippen LogP contribution in [0.2, 0.25) is 0 Å². The fourth-order valence-electron chi connectivity index (χ4n) is 8.08. The number of aromatic hydroxyl groups is 1. The Hall–Kier alpha value is -4.75.